The number of aliphatic hydroxyl groups is 1. The number of hydrogen-bond donors (Lipinski definition) is 3. The highest BCUT2D eigenvalue weighted by Crippen LogP contribution is 2.00. The molecule has 0 bridgehead atoms. The third-order valence-electron chi connectivity index (χ3n) is 2.45. The molecule has 1 aromatic carbocycles. The zero-order valence-electron chi connectivity index (χ0n) is 10.5. The van der Waals surface area contributed by atoms with Crippen molar-refractivity contribution in [3.63, 3.8) is 0 Å². The van der Waals surface area contributed by atoms with E-state index >= 15 is 0 Å². The van der Waals surface area contributed by atoms with Crippen molar-refractivity contribution in [3.8, 4) is 0 Å². The second-order valence-electron chi connectivity index (χ2n) is 3.96. The predicted molar refractivity (Wildman–Crippen MR) is 69.3 cm³/mol. The number of nitrogens with one attached hydrogen (secondary N) is 1. The zero-order chi connectivity index (χ0) is 14.1. The molecule has 1 rings (SSSR count). The van der Waals surface area contributed by atoms with Gasteiger partial charge in [-0.15, -0.1) is 0 Å². The summed E-state index contributed by atoms with van der Waals surface area (Å²) in [6, 6.07) is 9.26. The number of Topliss-reactive ketones (excluding diaryl/α,β-unsaturated/α-hetero) is 1. The number of aliphatic hydroxyl groups excluding tert-OH is 1. The van der Waals surface area contributed by atoms with Crippen LogP contribution in [-0.4, -0.2) is 36.2 Å². The SMILES string of the molecule is NCC(O)C(=O)CCNC(=O)OCc1ccccc1. The summed E-state index contributed by atoms with van der Waals surface area (Å²) in [4.78, 5) is 22.5. The summed E-state index contributed by atoms with van der Waals surface area (Å²) >= 11 is 0. The Morgan fingerprint density at radius 3 is 2.63 bits per heavy atom. The standard InChI is InChI=1S/C13H18N2O4/c14-8-12(17)11(16)6-7-15-13(18)19-9-10-4-2-1-3-5-10/h1-5,12,17H,6-9,14H2,(H,15,18). The summed E-state index contributed by atoms with van der Waals surface area (Å²) in [5, 5.41) is 11.6. The van der Waals surface area contributed by atoms with Crippen molar-refractivity contribution in [1.82, 2.24) is 5.32 Å². The fraction of sp³-hybridized carbons (Fsp3) is 0.385. The average Bonchev–Trinajstić information content (AvgIpc) is 2.45. The number of amides is 1. The number of nitrogens with two attached hydrogens (primary N) is 1. The van der Waals surface area contributed by atoms with E-state index in [9.17, 15) is 9.59 Å². The average molecular weight is 266 g/mol. The monoisotopic (exact) mass is 266 g/mol. The first-order valence-corrected chi connectivity index (χ1v) is 5.99. The molecule has 0 radical (unpaired) electrons. The van der Waals surface area contributed by atoms with Gasteiger partial charge in [0.25, 0.3) is 0 Å². The van der Waals surface area contributed by atoms with Crippen molar-refractivity contribution in [2.24, 2.45) is 5.73 Å². The van der Waals surface area contributed by atoms with Crippen molar-refractivity contribution in [1.29, 1.82) is 0 Å². The Morgan fingerprint density at radius 1 is 1.32 bits per heavy atom. The number of hydrogen-bond acceptors (Lipinski definition) is 5. The molecule has 19 heavy (non-hydrogen) atoms. The molecule has 1 unspecified atom stereocenters. The summed E-state index contributed by atoms with van der Waals surface area (Å²) in [6.45, 7) is 0.173. The van der Waals surface area contributed by atoms with Crippen LogP contribution in [-0.2, 0) is 16.1 Å². The van der Waals surface area contributed by atoms with Gasteiger partial charge in [-0.2, -0.15) is 0 Å². The Balaban J connectivity index is 2.17. The van der Waals surface area contributed by atoms with Gasteiger partial charge in [0, 0.05) is 19.5 Å². The summed E-state index contributed by atoms with van der Waals surface area (Å²) in [5.41, 5.74) is 6.02. The van der Waals surface area contributed by atoms with Gasteiger partial charge in [0.1, 0.15) is 12.7 Å². The molecule has 1 amide bonds. The zero-order valence-corrected chi connectivity index (χ0v) is 10.5. The minimum atomic E-state index is -1.16. The van der Waals surface area contributed by atoms with Gasteiger partial charge in [-0.25, -0.2) is 4.79 Å². The van der Waals surface area contributed by atoms with Gasteiger partial charge in [0.2, 0.25) is 0 Å². The van der Waals surface area contributed by atoms with Crippen LogP contribution < -0.4 is 11.1 Å². The van der Waals surface area contributed by atoms with Gasteiger partial charge in [-0.3, -0.25) is 4.79 Å². The van der Waals surface area contributed by atoms with E-state index in [4.69, 9.17) is 15.6 Å². The second-order valence-corrected chi connectivity index (χ2v) is 3.96. The molecular weight excluding hydrogens is 248 g/mol. The molecule has 0 aliphatic rings. The third-order valence-corrected chi connectivity index (χ3v) is 2.45. The summed E-state index contributed by atoms with van der Waals surface area (Å²) < 4.78 is 4.95. The maximum atomic E-state index is 11.3. The van der Waals surface area contributed by atoms with Gasteiger partial charge in [-0.05, 0) is 5.56 Å². The van der Waals surface area contributed by atoms with Gasteiger partial charge in [0.05, 0.1) is 0 Å². The first-order chi connectivity index (χ1) is 9.13. The molecule has 1 atom stereocenters. The molecule has 0 aromatic heterocycles. The molecule has 0 spiro atoms. The van der Waals surface area contributed by atoms with Crippen LogP contribution in [0.3, 0.4) is 0 Å². The normalized spacial score (nSPS) is 11.7. The van der Waals surface area contributed by atoms with Gasteiger partial charge < -0.3 is 20.9 Å². The number of ether oxygens (including phenoxy) is 1. The number of benzene rings is 1. The molecule has 1 aromatic rings. The van der Waals surface area contributed by atoms with Crippen LogP contribution in [0.15, 0.2) is 30.3 Å². The molecule has 0 fully saturated rings. The third kappa shape index (κ3) is 5.98. The minimum Gasteiger partial charge on any atom is -0.445 e. The van der Waals surface area contributed by atoms with Crippen molar-refractivity contribution < 1.29 is 19.4 Å². The van der Waals surface area contributed by atoms with Crippen LogP contribution in [0.2, 0.25) is 0 Å². The number of rotatable bonds is 7. The quantitative estimate of drug-likeness (QED) is 0.654. The van der Waals surface area contributed by atoms with Crippen molar-refractivity contribution >= 4 is 11.9 Å². The highest BCUT2D eigenvalue weighted by atomic mass is 16.5. The fourth-order valence-corrected chi connectivity index (χ4v) is 1.36. The Bertz CT molecular complexity index is 408. The van der Waals surface area contributed by atoms with E-state index < -0.39 is 18.0 Å². The van der Waals surface area contributed by atoms with E-state index in [0.717, 1.165) is 5.56 Å². The highest BCUT2D eigenvalue weighted by Gasteiger charge is 2.12. The minimum absolute atomic E-state index is 0.0266. The van der Waals surface area contributed by atoms with Crippen LogP contribution in [0.4, 0.5) is 4.79 Å². The molecule has 4 N–H and O–H groups in total. The lowest BCUT2D eigenvalue weighted by Gasteiger charge is -2.08. The van der Waals surface area contributed by atoms with E-state index in [1.165, 1.54) is 0 Å². The second kappa shape index (κ2) is 8.23. The molecule has 6 nitrogen and oxygen atoms in total. The summed E-state index contributed by atoms with van der Waals surface area (Å²) in [7, 11) is 0. The Labute approximate surface area is 111 Å². The van der Waals surface area contributed by atoms with Crippen molar-refractivity contribution in [2.45, 2.75) is 19.1 Å². The van der Waals surface area contributed by atoms with Gasteiger partial charge in [-0.1, -0.05) is 30.3 Å². The maximum absolute atomic E-state index is 11.3. The Morgan fingerprint density at radius 2 is 2.00 bits per heavy atom. The maximum Gasteiger partial charge on any atom is 0.407 e. The highest BCUT2D eigenvalue weighted by molar-refractivity contribution is 5.83. The number of carbonyl (C=O) groups is 2. The summed E-state index contributed by atoms with van der Waals surface area (Å²) in [5.74, 6) is -0.397. The van der Waals surface area contributed by atoms with Crippen LogP contribution in [0, 0.1) is 0 Å². The number of ketones is 1. The lowest BCUT2D eigenvalue weighted by Crippen LogP contribution is -2.33. The smallest absolute Gasteiger partial charge is 0.407 e. The van der Waals surface area contributed by atoms with Crippen molar-refractivity contribution in [2.75, 3.05) is 13.1 Å². The predicted octanol–water partition coefficient (Wildman–Crippen LogP) is 0.192. The topological polar surface area (TPSA) is 102 Å². The van der Waals surface area contributed by atoms with E-state index in [0.29, 0.717) is 0 Å². The molecule has 0 saturated carbocycles. The van der Waals surface area contributed by atoms with Crippen LogP contribution in [0.1, 0.15) is 12.0 Å². The van der Waals surface area contributed by atoms with E-state index in [1.54, 1.807) is 0 Å². The molecule has 104 valence electrons. The largest absolute Gasteiger partial charge is 0.445 e. The first kappa shape index (κ1) is 15.1. The first-order valence-electron chi connectivity index (χ1n) is 5.99. The van der Waals surface area contributed by atoms with E-state index in [-0.39, 0.29) is 26.1 Å². The lowest BCUT2D eigenvalue weighted by atomic mass is 10.2. The van der Waals surface area contributed by atoms with Crippen LogP contribution in [0.5, 0.6) is 0 Å². The lowest BCUT2D eigenvalue weighted by molar-refractivity contribution is -0.126. The van der Waals surface area contributed by atoms with E-state index in [1.807, 2.05) is 30.3 Å². The van der Waals surface area contributed by atoms with Crippen LogP contribution in [0.25, 0.3) is 0 Å². The fourth-order valence-electron chi connectivity index (χ4n) is 1.36. The van der Waals surface area contributed by atoms with E-state index in [2.05, 4.69) is 5.32 Å². The molecule has 6 heteroatoms. The molecule has 0 aliphatic heterocycles. The molecule has 0 heterocycles. The molecule has 0 aliphatic carbocycles. The van der Waals surface area contributed by atoms with Crippen molar-refractivity contribution in [3.05, 3.63) is 35.9 Å². The molecular formula is C13H18N2O4. The number of carbonyl (C=O) groups excluding carboxylic acids is 2. The Kier molecular flexibility index (Phi) is 6.56. The Hall–Kier alpha value is -1.92. The van der Waals surface area contributed by atoms with Gasteiger partial charge in [0.15, 0.2) is 5.78 Å². The van der Waals surface area contributed by atoms with Crippen LogP contribution >= 0.6 is 0 Å². The number of alkyl carbamates (subject to hydrolysis) is 1. The molecule has 0 saturated heterocycles. The van der Waals surface area contributed by atoms with Gasteiger partial charge >= 0.3 is 6.09 Å². The summed E-state index contributed by atoms with van der Waals surface area (Å²) in [6.07, 6.45) is -1.74.